The van der Waals surface area contributed by atoms with Gasteiger partial charge in [0, 0.05) is 44.4 Å². The summed E-state index contributed by atoms with van der Waals surface area (Å²) < 4.78 is 18.5. The van der Waals surface area contributed by atoms with Crippen LogP contribution in [0.25, 0.3) is 11.1 Å². The number of ether oxygens (including phenoxy) is 2. The Hall–Kier alpha value is -3.43. The number of benzene rings is 2. The summed E-state index contributed by atoms with van der Waals surface area (Å²) in [6.45, 7) is 10.0. The van der Waals surface area contributed by atoms with Gasteiger partial charge in [0.1, 0.15) is 19.1 Å². The number of aryl methyl sites for hydroxylation is 1. The third-order valence-corrected chi connectivity index (χ3v) is 6.98. The molecule has 2 heterocycles. The minimum atomic E-state index is -1.18. The molecular formula is C25H30N4O4Si. The van der Waals surface area contributed by atoms with E-state index in [-0.39, 0.29) is 6.73 Å². The van der Waals surface area contributed by atoms with Crippen molar-refractivity contribution in [2.45, 2.75) is 45.9 Å². The highest BCUT2D eigenvalue weighted by Gasteiger charge is 2.14. The summed E-state index contributed by atoms with van der Waals surface area (Å²) in [6, 6.07) is 14.4. The quantitative estimate of drug-likeness (QED) is 0.243. The maximum Gasteiger partial charge on any atom is 0.421 e. The molecule has 0 saturated carbocycles. The topological polar surface area (TPSA) is 91.4 Å². The summed E-state index contributed by atoms with van der Waals surface area (Å²) in [4.78, 5) is 21.0. The third kappa shape index (κ3) is 6.33. The van der Waals surface area contributed by atoms with E-state index in [2.05, 4.69) is 34.9 Å². The summed E-state index contributed by atoms with van der Waals surface area (Å²) in [6.07, 6.45) is 3.44. The summed E-state index contributed by atoms with van der Waals surface area (Å²) in [5, 5.41) is 3.17. The predicted octanol–water partition coefficient (Wildman–Crippen LogP) is 5.33. The number of anilines is 2. The average molecular weight is 479 g/mol. The van der Waals surface area contributed by atoms with E-state index in [1.54, 1.807) is 18.5 Å². The summed E-state index contributed by atoms with van der Waals surface area (Å²) in [7, 11) is -1.18. The molecule has 0 aliphatic carbocycles. The van der Waals surface area contributed by atoms with Crippen LogP contribution in [0.4, 0.5) is 11.6 Å². The van der Waals surface area contributed by atoms with E-state index in [4.69, 9.17) is 13.9 Å². The molecule has 0 amide bonds. The third-order valence-electron chi connectivity index (χ3n) is 5.28. The van der Waals surface area contributed by atoms with Crippen LogP contribution in [-0.2, 0) is 18.1 Å². The van der Waals surface area contributed by atoms with Gasteiger partial charge in [-0.1, -0.05) is 37.3 Å². The number of aromatic nitrogens is 3. The van der Waals surface area contributed by atoms with Crippen molar-refractivity contribution >= 4 is 30.8 Å². The second-order valence-corrected chi connectivity index (χ2v) is 15.1. The van der Waals surface area contributed by atoms with E-state index in [9.17, 15) is 4.79 Å². The number of nitrogens with zero attached hydrogens (tertiary/aromatic N) is 3. The lowest BCUT2D eigenvalue weighted by atomic mass is 10.2. The Morgan fingerprint density at radius 1 is 1.06 bits per heavy atom. The van der Waals surface area contributed by atoms with Crippen molar-refractivity contribution in [1.82, 2.24) is 14.5 Å². The van der Waals surface area contributed by atoms with Crippen LogP contribution >= 0.6 is 0 Å². The summed E-state index contributed by atoms with van der Waals surface area (Å²) in [5.74, 6) is 0.671. The van der Waals surface area contributed by atoms with Crippen molar-refractivity contribution in [3.05, 3.63) is 76.5 Å². The molecule has 2 aromatic heterocycles. The lowest BCUT2D eigenvalue weighted by Gasteiger charge is -2.15. The smallest absolute Gasteiger partial charge is 0.421 e. The van der Waals surface area contributed by atoms with Crippen LogP contribution < -0.4 is 15.8 Å². The molecule has 4 rings (SSSR count). The van der Waals surface area contributed by atoms with Crippen molar-refractivity contribution in [1.29, 1.82) is 0 Å². The van der Waals surface area contributed by atoms with E-state index in [1.165, 1.54) is 10.1 Å². The van der Waals surface area contributed by atoms with Crippen LogP contribution in [0.1, 0.15) is 11.1 Å². The lowest BCUT2D eigenvalue weighted by Crippen LogP contribution is -2.23. The highest BCUT2D eigenvalue weighted by atomic mass is 28.3. The molecule has 0 bridgehead atoms. The molecule has 9 heteroatoms. The van der Waals surface area contributed by atoms with Crippen LogP contribution in [0.15, 0.2) is 64.1 Å². The molecular weight excluding hydrogens is 448 g/mol. The zero-order chi connectivity index (χ0) is 24.1. The molecule has 0 atom stereocenters. The van der Waals surface area contributed by atoms with E-state index in [1.807, 2.05) is 43.3 Å². The number of hydrogen-bond acceptors (Lipinski definition) is 7. The summed E-state index contributed by atoms with van der Waals surface area (Å²) >= 11 is 0. The predicted molar refractivity (Wildman–Crippen MR) is 135 cm³/mol. The van der Waals surface area contributed by atoms with Crippen LogP contribution in [0, 0.1) is 6.92 Å². The van der Waals surface area contributed by atoms with E-state index in [0.717, 1.165) is 17.3 Å². The monoisotopic (exact) mass is 478 g/mol. The normalized spacial score (nSPS) is 11.6. The van der Waals surface area contributed by atoms with Crippen LogP contribution in [0.2, 0.25) is 25.7 Å². The van der Waals surface area contributed by atoms with Gasteiger partial charge in [0.05, 0.1) is 5.52 Å². The van der Waals surface area contributed by atoms with E-state index < -0.39 is 13.8 Å². The first-order valence-corrected chi connectivity index (χ1v) is 15.0. The Morgan fingerprint density at radius 3 is 2.50 bits per heavy atom. The number of rotatable bonds is 10. The fourth-order valence-electron chi connectivity index (χ4n) is 3.22. The molecule has 0 aliphatic rings. The molecule has 0 aliphatic heterocycles. The van der Waals surface area contributed by atoms with Crippen molar-refractivity contribution in [2.24, 2.45) is 0 Å². The highest BCUT2D eigenvalue weighted by molar-refractivity contribution is 6.76. The molecule has 0 unspecified atom stereocenters. The minimum absolute atomic E-state index is 0.177. The zero-order valence-electron chi connectivity index (χ0n) is 20.0. The molecule has 34 heavy (non-hydrogen) atoms. The molecule has 0 spiro atoms. The van der Waals surface area contributed by atoms with Crippen LogP contribution in [0.5, 0.6) is 5.75 Å². The largest absolute Gasteiger partial charge is 0.489 e. The molecule has 2 aromatic carbocycles. The Labute approximate surface area is 199 Å². The molecule has 8 nitrogen and oxygen atoms in total. The fourth-order valence-corrected chi connectivity index (χ4v) is 3.98. The highest BCUT2D eigenvalue weighted by Crippen LogP contribution is 2.21. The van der Waals surface area contributed by atoms with Gasteiger partial charge < -0.3 is 19.2 Å². The number of hydrogen-bond donors (Lipinski definition) is 1. The maximum absolute atomic E-state index is 12.3. The van der Waals surface area contributed by atoms with Crippen molar-refractivity contribution < 1.29 is 13.9 Å². The fraction of sp³-hybridized carbons (Fsp3) is 0.320. The first-order valence-electron chi connectivity index (χ1n) is 11.3. The van der Waals surface area contributed by atoms with E-state index >= 15 is 0 Å². The van der Waals surface area contributed by atoms with Gasteiger partial charge in [-0.15, -0.1) is 0 Å². The second kappa shape index (κ2) is 10.2. The van der Waals surface area contributed by atoms with Gasteiger partial charge in [0.15, 0.2) is 5.58 Å². The summed E-state index contributed by atoms with van der Waals surface area (Å²) in [5.41, 5.74) is 4.09. The number of oxazole rings is 1. The SMILES string of the molecule is Cc1ccc(Nc2ncc(COc3ccc4c(c3)oc(=O)n4COCC[Si](C)(C)C)cn2)cc1. The first-order chi connectivity index (χ1) is 16.3. The van der Waals surface area contributed by atoms with Gasteiger partial charge >= 0.3 is 5.76 Å². The Kier molecular flexibility index (Phi) is 7.14. The lowest BCUT2D eigenvalue weighted by molar-refractivity contribution is 0.0850. The standard InChI is InChI=1S/C25H30N4O4Si/c1-18-5-7-20(8-6-18)28-24-26-14-19(15-27-24)16-32-21-9-10-22-23(13-21)33-25(30)29(22)17-31-11-12-34(2,3)4/h5-10,13-15H,11-12,16-17H2,1-4H3,(H,26,27,28). The zero-order valence-corrected chi connectivity index (χ0v) is 21.0. The molecule has 0 radical (unpaired) electrons. The molecule has 4 aromatic rings. The Bertz CT molecular complexity index is 1290. The van der Waals surface area contributed by atoms with Gasteiger partial charge in [-0.3, -0.25) is 0 Å². The molecule has 178 valence electrons. The van der Waals surface area contributed by atoms with Crippen LogP contribution in [-0.4, -0.2) is 29.2 Å². The average Bonchev–Trinajstić information content (AvgIpc) is 3.11. The Morgan fingerprint density at radius 2 is 1.79 bits per heavy atom. The van der Waals surface area contributed by atoms with E-state index in [0.29, 0.717) is 36.0 Å². The van der Waals surface area contributed by atoms with Crippen molar-refractivity contribution in [3.8, 4) is 5.75 Å². The second-order valence-electron chi connectivity index (χ2n) is 9.47. The molecule has 1 N–H and O–H groups in total. The Balaban J connectivity index is 1.34. The molecule has 0 fully saturated rings. The van der Waals surface area contributed by atoms with Gasteiger partial charge in [0.2, 0.25) is 5.95 Å². The van der Waals surface area contributed by atoms with Crippen molar-refractivity contribution in [2.75, 3.05) is 11.9 Å². The molecule has 0 saturated heterocycles. The van der Waals surface area contributed by atoms with Gasteiger partial charge in [0.25, 0.3) is 0 Å². The van der Waals surface area contributed by atoms with Crippen LogP contribution in [0.3, 0.4) is 0 Å². The number of fused-ring (bicyclic) bond motifs is 1. The van der Waals surface area contributed by atoms with Gasteiger partial charge in [-0.2, -0.15) is 0 Å². The van der Waals surface area contributed by atoms with Crippen molar-refractivity contribution in [3.63, 3.8) is 0 Å². The minimum Gasteiger partial charge on any atom is -0.489 e. The van der Waals surface area contributed by atoms with Gasteiger partial charge in [-0.25, -0.2) is 19.3 Å². The number of nitrogens with one attached hydrogen (secondary N) is 1. The maximum atomic E-state index is 12.3. The van der Waals surface area contributed by atoms with Gasteiger partial charge in [-0.05, 0) is 37.2 Å². The first kappa shape index (κ1) is 23.7.